The van der Waals surface area contributed by atoms with Gasteiger partial charge in [-0.3, -0.25) is 0 Å². The molecular weight excluding hydrogens is 450 g/mol. The molecule has 0 fully saturated rings. The summed E-state index contributed by atoms with van der Waals surface area (Å²) < 4.78 is 58.9. The number of primary sulfonamides is 1. The number of rotatable bonds is 7. The first-order valence-electron chi connectivity index (χ1n) is 9.96. The molecule has 10 heteroatoms. The third-order valence-corrected chi connectivity index (χ3v) is 6.12. The molecule has 0 saturated carbocycles. The van der Waals surface area contributed by atoms with Gasteiger partial charge >= 0.3 is 0 Å². The van der Waals surface area contributed by atoms with Crippen LogP contribution in [-0.2, 0) is 22.5 Å². The van der Waals surface area contributed by atoms with Gasteiger partial charge in [-0.2, -0.15) is 0 Å². The molecule has 4 rings (SSSR count). The average molecular weight is 473 g/mol. The van der Waals surface area contributed by atoms with Crippen LogP contribution in [0.15, 0.2) is 71.6 Å². The van der Waals surface area contributed by atoms with E-state index in [0.29, 0.717) is 34.0 Å². The number of nitrogens with zero attached hydrogens (tertiary/aromatic N) is 2. The van der Waals surface area contributed by atoms with Gasteiger partial charge in [-0.05, 0) is 48.0 Å². The third kappa shape index (κ3) is 4.81. The Morgan fingerprint density at radius 3 is 2.42 bits per heavy atom. The van der Waals surface area contributed by atoms with Gasteiger partial charge in [0.05, 0.1) is 29.6 Å². The molecule has 172 valence electrons. The lowest BCUT2D eigenvalue weighted by Crippen LogP contribution is -2.14. The molecule has 0 radical (unpaired) electrons. The highest BCUT2D eigenvalue weighted by atomic mass is 32.2. The van der Waals surface area contributed by atoms with Gasteiger partial charge in [0.15, 0.2) is 0 Å². The zero-order valence-electron chi connectivity index (χ0n) is 17.9. The first-order chi connectivity index (χ1) is 15.6. The van der Waals surface area contributed by atoms with Gasteiger partial charge in [-0.25, -0.2) is 27.3 Å². The first-order valence-corrected chi connectivity index (χ1v) is 11.5. The SMILES string of the molecule is COc1ccc(Nc2nc3cc(S(N)(=O)=O)ccc3n2Cc2ccccc2C(C)(F)F)cc1. The summed E-state index contributed by atoms with van der Waals surface area (Å²) in [5.74, 6) is -2.00. The Bertz CT molecular complexity index is 1410. The van der Waals surface area contributed by atoms with Gasteiger partial charge in [-0.15, -0.1) is 0 Å². The highest BCUT2D eigenvalue weighted by Gasteiger charge is 2.27. The van der Waals surface area contributed by atoms with E-state index < -0.39 is 15.9 Å². The predicted octanol–water partition coefficient (Wildman–Crippen LogP) is 4.60. The standard InChI is InChI=1S/C23H22F2N4O3S/c1-23(24,25)19-6-4-3-5-15(19)14-29-21-12-11-18(33(26,30)31)13-20(21)28-22(29)27-16-7-9-17(32-2)10-8-16/h3-13H,14H2,1-2H3,(H,27,28)(H2,26,30,31). The van der Waals surface area contributed by atoms with E-state index in [0.717, 1.165) is 6.92 Å². The van der Waals surface area contributed by atoms with Crippen molar-refractivity contribution < 1.29 is 21.9 Å². The summed E-state index contributed by atoms with van der Waals surface area (Å²) in [5, 5.41) is 8.44. The zero-order valence-corrected chi connectivity index (χ0v) is 18.7. The van der Waals surface area contributed by atoms with Gasteiger partial charge in [0.25, 0.3) is 5.92 Å². The molecule has 1 heterocycles. The van der Waals surface area contributed by atoms with Crippen LogP contribution < -0.4 is 15.2 Å². The van der Waals surface area contributed by atoms with Crippen LogP contribution >= 0.6 is 0 Å². The molecule has 0 saturated heterocycles. The Morgan fingerprint density at radius 1 is 1.09 bits per heavy atom. The number of hydrogen-bond donors (Lipinski definition) is 2. The van der Waals surface area contributed by atoms with E-state index in [1.54, 1.807) is 60.2 Å². The number of benzene rings is 3. The van der Waals surface area contributed by atoms with Crippen molar-refractivity contribution in [2.45, 2.75) is 24.3 Å². The number of nitrogens with one attached hydrogen (secondary N) is 1. The minimum absolute atomic E-state index is 0.0866. The fourth-order valence-electron chi connectivity index (χ4n) is 3.60. The van der Waals surface area contributed by atoms with Crippen LogP contribution in [0.5, 0.6) is 5.75 Å². The van der Waals surface area contributed by atoms with Crippen molar-refractivity contribution in [1.29, 1.82) is 0 Å². The Hall–Kier alpha value is -3.50. The normalized spacial score (nSPS) is 12.2. The van der Waals surface area contributed by atoms with E-state index in [4.69, 9.17) is 9.88 Å². The molecule has 0 aliphatic carbocycles. The van der Waals surface area contributed by atoms with Gasteiger partial charge in [0.2, 0.25) is 16.0 Å². The van der Waals surface area contributed by atoms with Gasteiger partial charge in [0.1, 0.15) is 5.75 Å². The Balaban J connectivity index is 1.84. The average Bonchev–Trinajstić information content (AvgIpc) is 3.09. The molecule has 0 amide bonds. The fourth-order valence-corrected chi connectivity index (χ4v) is 4.14. The van der Waals surface area contributed by atoms with Gasteiger partial charge in [-0.1, -0.05) is 24.3 Å². The summed E-state index contributed by atoms with van der Waals surface area (Å²) in [5.41, 5.74) is 1.93. The maximum absolute atomic E-state index is 14.2. The number of aromatic nitrogens is 2. The highest BCUT2D eigenvalue weighted by Crippen LogP contribution is 2.32. The molecule has 0 bridgehead atoms. The van der Waals surface area contributed by atoms with Gasteiger partial charge in [0, 0.05) is 18.2 Å². The second kappa shape index (κ2) is 8.45. The predicted molar refractivity (Wildman–Crippen MR) is 122 cm³/mol. The van der Waals surface area contributed by atoms with Crippen molar-refractivity contribution in [2.75, 3.05) is 12.4 Å². The minimum atomic E-state index is -3.93. The summed E-state index contributed by atoms with van der Waals surface area (Å²) in [6.07, 6.45) is 0. The zero-order chi connectivity index (χ0) is 23.8. The number of anilines is 2. The molecule has 4 aromatic rings. The lowest BCUT2D eigenvalue weighted by Gasteiger charge is -2.18. The second-order valence-corrected chi connectivity index (χ2v) is 9.18. The number of fused-ring (bicyclic) bond motifs is 1. The van der Waals surface area contributed by atoms with Crippen LogP contribution in [0.3, 0.4) is 0 Å². The number of alkyl halides is 2. The molecular formula is C23H22F2N4O3S. The molecule has 7 nitrogen and oxygen atoms in total. The highest BCUT2D eigenvalue weighted by molar-refractivity contribution is 7.89. The molecule has 33 heavy (non-hydrogen) atoms. The largest absolute Gasteiger partial charge is 0.497 e. The van der Waals surface area contributed by atoms with Crippen molar-refractivity contribution in [2.24, 2.45) is 5.14 Å². The number of halogens is 2. The Kier molecular flexibility index (Phi) is 5.81. The van der Waals surface area contributed by atoms with Crippen molar-refractivity contribution in [3.8, 4) is 5.75 Å². The van der Waals surface area contributed by atoms with Gasteiger partial charge < -0.3 is 14.6 Å². The van der Waals surface area contributed by atoms with Crippen molar-refractivity contribution in [3.63, 3.8) is 0 Å². The maximum atomic E-state index is 14.2. The van der Waals surface area contributed by atoms with Crippen LogP contribution in [0.2, 0.25) is 0 Å². The number of ether oxygens (including phenoxy) is 1. The summed E-state index contributed by atoms with van der Waals surface area (Å²) >= 11 is 0. The van der Waals surface area contributed by atoms with Crippen molar-refractivity contribution >= 4 is 32.7 Å². The number of nitrogens with two attached hydrogens (primary N) is 1. The van der Waals surface area contributed by atoms with Crippen molar-refractivity contribution in [1.82, 2.24) is 9.55 Å². The van der Waals surface area contributed by atoms with Crippen molar-refractivity contribution in [3.05, 3.63) is 77.9 Å². The topological polar surface area (TPSA) is 99.2 Å². The van der Waals surface area contributed by atoms with E-state index in [-0.39, 0.29) is 17.0 Å². The molecule has 3 aromatic carbocycles. The smallest absolute Gasteiger partial charge is 0.270 e. The van der Waals surface area contributed by atoms with Crippen LogP contribution in [0.4, 0.5) is 20.4 Å². The number of hydrogen-bond acceptors (Lipinski definition) is 5. The first kappa shape index (κ1) is 22.7. The summed E-state index contributed by atoms with van der Waals surface area (Å²) in [7, 11) is -2.37. The Labute approximate surface area is 189 Å². The molecule has 0 aliphatic rings. The van der Waals surface area contributed by atoms with E-state index in [1.807, 2.05) is 0 Å². The fraction of sp³-hybridized carbons (Fsp3) is 0.174. The lowest BCUT2D eigenvalue weighted by atomic mass is 10.0. The summed E-state index contributed by atoms with van der Waals surface area (Å²) in [6.45, 7) is 0.941. The van der Waals surface area contributed by atoms with E-state index >= 15 is 0 Å². The second-order valence-electron chi connectivity index (χ2n) is 7.62. The monoisotopic (exact) mass is 472 g/mol. The number of methoxy groups -OCH3 is 1. The Morgan fingerprint density at radius 2 is 1.79 bits per heavy atom. The van der Waals surface area contributed by atoms with E-state index in [2.05, 4.69) is 10.3 Å². The van der Waals surface area contributed by atoms with Crippen LogP contribution in [0.1, 0.15) is 18.1 Å². The number of imidazole rings is 1. The molecule has 3 N–H and O–H groups in total. The lowest BCUT2D eigenvalue weighted by molar-refractivity contribution is 0.0165. The summed E-state index contributed by atoms with van der Waals surface area (Å²) in [6, 6.07) is 17.7. The summed E-state index contributed by atoms with van der Waals surface area (Å²) in [4.78, 5) is 4.44. The molecule has 1 aromatic heterocycles. The van der Waals surface area contributed by atoms with Crippen LogP contribution in [0.25, 0.3) is 11.0 Å². The quantitative estimate of drug-likeness (QED) is 0.410. The van der Waals surface area contributed by atoms with E-state index in [1.165, 1.54) is 18.2 Å². The molecule has 0 unspecified atom stereocenters. The molecule has 0 atom stereocenters. The van der Waals surface area contributed by atoms with Crippen LogP contribution in [-0.4, -0.2) is 25.1 Å². The maximum Gasteiger partial charge on any atom is 0.270 e. The molecule has 0 aliphatic heterocycles. The van der Waals surface area contributed by atoms with E-state index in [9.17, 15) is 17.2 Å². The van der Waals surface area contributed by atoms with Crippen LogP contribution in [0, 0.1) is 0 Å². The minimum Gasteiger partial charge on any atom is -0.497 e. The molecule has 0 spiro atoms. The number of sulfonamides is 1. The third-order valence-electron chi connectivity index (χ3n) is 5.21.